The number of hydrogen-bond donors (Lipinski definition) is 2. The van der Waals surface area contributed by atoms with E-state index in [4.69, 9.17) is 10.5 Å². The third kappa shape index (κ3) is 4.31. The van der Waals surface area contributed by atoms with Gasteiger partial charge < -0.3 is 15.8 Å². The van der Waals surface area contributed by atoms with Crippen LogP contribution in [0.1, 0.15) is 20.3 Å². The van der Waals surface area contributed by atoms with E-state index in [1.807, 2.05) is 19.9 Å². The molecule has 1 aromatic rings. The second kappa shape index (κ2) is 6.20. The number of carbonyl (C=O) groups excluding carboxylic acids is 1. The van der Waals surface area contributed by atoms with Crippen LogP contribution in [0.2, 0.25) is 0 Å². The van der Waals surface area contributed by atoms with Crippen LogP contribution in [0.3, 0.4) is 0 Å². The fraction of sp³-hybridized carbons (Fsp3) is 0.462. The Hall–Kier alpha value is -1.07. The third-order valence-corrected chi connectivity index (χ3v) is 3.25. The van der Waals surface area contributed by atoms with Crippen LogP contribution in [-0.4, -0.2) is 19.6 Å². The zero-order chi connectivity index (χ0) is 13.8. The van der Waals surface area contributed by atoms with Crippen molar-refractivity contribution in [1.29, 1.82) is 0 Å². The third-order valence-electron chi connectivity index (χ3n) is 2.63. The fourth-order valence-corrected chi connectivity index (χ4v) is 2.00. The van der Waals surface area contributed by atoms with Gasteiger partial charge in [0, 0.05) is 12.1 Å². The van der Waals surface area contributed by atoms with Gasteiger partial charge in [-0.25, -0.2) is 0 Å². The van der Waals surface area contributed by atoms with Crippen LogP contribution in [0.5, 0.6) is 5.75 Å². The number of rotatable bonds is 5. The minimum Gasteiger partial charge on any atom is -0.496 e. The molecule has 1 amide bonds. The Bertz CT molecular complexity index is 433. The summed E-state index contributed by atoms with van der Waals surface area (Å²) in [6.45, 7) is 4.42. The van der Waals surface area contributed by atoms with Gasteiger partial charge in [-0.3, -0.25) is 4.79 Å². The van der Waals surface area contributed by atoms with Crippen LogP contribution >= 0.6 is 15.9 Å². The number of anilines is 1. The van der Waals surface area contributed by atoms with E-state index < -0.39 is 0 Å². The van der Waals surface area contributed by atoms with E-state index in [1.54, 1.807) is 19.2 Å². The number of hydrogen-bond acceptors (Lipinski definition) is 3. The van der Waals surface area contributed by atoms with Crippen LogP contribution in [-0.2, 0) is 4.79 Å². The molecule has 5 heteroatoms. The minimum atomic E-state index is -0.187. The zero-order valence-corrected chi connectivity index (χ0v) is 12.5. The lowest BCUT2D eigenvalue weighted by molar-refractivity contribution is -0.117. The van der Waals surface area contributed by atoms with Gasteiger partial charge >= 0.3 is 0 Å². The standard InChI is InChI=1S/C13H19BrN2O2/c1-13(2,8-15)7-12(17)16-9-4-5-11(18-3)10(14)6-9/h4-6H,7-8,15H2,1-3H3,(H,16,17). The number of carbonyl (C=O) groups is 1. The first-order valence-electron chi connectivity index (χ1n) is 5.71. The van der Waals surface area contributed by atoms with Crippen molar-refractivity contribution in [2.75, 3.05) is 19.0 Å². The number of halogens is 1. The molecule has 0 aliphatic rings. The highest BCUT2D eigenvalue weighted by atomic mass is 79.9. The van der Waals surface area contributed by atoms with Crippen LogP contribution in [0.4, 0.5) is 5.69 Å². The molecule has 3 N–H and O–H groups in total. The Labute approximate surface area is 116 Å². The molecule has 0 saturated heterocycles. The molecular formula is C13H19BrN2O2. The van der Waals surface area contributed by atoms with Gasteiger partial charge in [0.15, 0.2) is 0 Å². The van der Waals surface area contributed by atoms with Gasteiger partial charge in [0.1, 0.15) is 5.75 Å². The van der Waals surface area contributed by atoms with E-state index in [0.717, 1.165) is 15.9 Å². The van der Waals surface area contributed by atoms with Crippen molar-refractivity contribution in [3.8, 4) is 5.75 Å². The van der Waals surface area contributed by atoms with Gasteiger partial charge in [-0.05, 0) is 46.1 Å². The molecule has 100 valence electrons. The molecule has 4 nitrogen and oxygen atoms in total. The first kappa shape index (κ1) is 15.0. The number of amides is 1. The predicted octanol–water partition coefficient (Wildman–Crippen LogP) is 2.77. The molecular weight excluding hydrogens is 296 g/mol. The Balaban J connectivity index is 2.68. The first-order valence-corrected chi connectivity index (χ1v) is 6.51. The smallest absolute Gasteiger partial charge is 0.224 e. The molecule has 1 aromatic carbocycles. The van der Waals surface area contributed by atoms with Crippen LogP contribution < -0.4 is 15.8 Å². The summed E-state index contributed by atoms with van der Waals surface area (Å²) in [4.78, 5) is 11.8. The van der Waals surface area contributed by atoms with E-state index in [0.29, 0.717) is 13.0 Å². The van der Waals surface area contributed by atoms with E-state index >= 15 is 0 Å². The molecule has 0 bridgehead atoms. The molecule has 0 heterocycles. The molecule has 1 rings (SSSR count). The first-order chi connectivity index (χ1) is 8.38. The van der Waals surface area contributed by atoms with E-state index in [-0.39, 0.29) is 11.3 Å². The zero-order valence-electron chi connectivity index (χ0n) is 10.9. The van der Waals surface area contributed by atoms with Gasteiger partial charge in [-0.15, -0.1) is 0 Å². The van der Waals surface area contributed by atoms with E-state index in [9.17, 15) is 4.79 Å². The lowest BCUT2D eigenvalue weighted by Gasteiger charge is -2.21. The summed E-state index contributed by atoms with van der Waals surface area (Å²) in [6, 6.07) is 5.41. The van der Waals surface area contributed by atoms with Crippen molar-refractivity contribution in [1.82, 2.24) is 0 Å². The van der Waals surface area contributed by atoms with Gasteiger partial charge in [0.25, 0.3) is 0 Å². The van der Waals surface area contributed by atoms with E-state index in [1.165, 1.54) is 0 Å². The number of methoxy groups -OCH3 is 1. The van der Waals surface area contributed by atoms with Crippen molar-refractivity contribution in [2.24, 2.45) is 11.1 Å². The van der Waals surface area contributed by atoms with Crippen molar-refractivity contribution in [3.05, 3.63) is 22.7 Å². The summed E-state index contributed by atoms with van der Waals surface area (Å²) in [5.41, 5.74) is 6.16. The van der Waals surface area contributed by atoms with Gasteiger partial charge in [0.2, 0.25) is 5.91 Å². The van der Waals surface area contributed by atoms with Crippen molar-refractivity contribution < 1.29 is 9.53 Å². The maximum absolute atomic E-state index is 11.8. The largest absolute Gasteiger partial charge is 0.496 e. The highest BCUT2D eigenvalue weighted by molar-refractivity contribution is 9.10. The lowest BCUT2D eigenvalue weighted by Crippen LogP contribution is -2.29. The monoisotopic (exact) mass is 314 g/mol. The second-order valence-electron chi connectivity index (χ2n) is 4.94. The van der Waals surface area contributed by atoms with Crippen molar-refractivity contribution in [3.63, 3.8) is 0 Å². The normalized spacial score (nSPS) is 11.2. The summed E-state index contributed by atoms with van der Waals surface area (Å²) in [5.74, 6) is 0.692. The Morgan fingerprint density at radius 1 is 1.50 bits per heavy atom. The van der Waals surface area contributed by atoms with E-state index in [2.05, 4.69) is 21.2 Å². The molecule has 0 aliphatic heterocycles. The molecule has 0 aliphatic carbocycles. The number of ether oxygens (including phenoxy) is 1. The van der Waals surface area contributed by atoms with Crippen LogP contribution in [0.15, 0.2) is 22.7 Å². The van der Waals surface area contributed by atoms with Gasteiger partial charge in [-0.1, -0.05) is 13.8 Å². The average Bonchev–Trinajstić information content (AvgIpc) is 2.28. The summed E-state index contributed by atoms with van der Waals surface area (Å²) in [5, 5.41) is 2.84. The molecule has 0 atom stereocenters. The molecule has 18 heavy (non-hydrogen) atoms. The summed E-state index contributed by atoms with van der Waals surface area (Å²) in [6.07, 6.45) is 0.396. The highest BCUT2D eigenvalue weighted by Gasteiger charge is 2.20. The number of nitrogens with one attached hydrogen (secondary N) is 1. The molecule has 0 unspecified atom stereocenters. The molecule has 0 radical (unpaired) electrons. The topological polar surface area (TPSA) is 64.3 Å². The SMILES string of the molecule is COc1ccc(NC(=O)CC(C)(C)CN)cc1Br. The average molecular weight is 315 g/mol. The number of nitrogens with two attached hydrogens (primary N) is 1. The quantitative estimate of drug-likeness (QED) is 0.878. The molecule has 0 aromatic heterocycles. The highest BCUT2D eigenvalue weighted by Crippen LogP contribution is 2.28. The summed E-state index contributed by atoms with van der Waals surface area (Å²) < 4.78 is 5.93. The van der Waals surface area contributed by atoms with Gasteiger partial charge in [0.05, 0.1) is 11.6 Å². The maximum Gasteiger partial charge on any atom is 0.224 e. The maximum atomic E-state index is 11.8. The molecule has 0 saturated carbocycles. The summed E-state index contributed by atoms with van der Waals surface area (Å²) in [7, 11) is 1.60. The second-order valence-corrected chi connectivity index (χ2v) is 5.80. The van der Waals surface area contributed by atoms with Crippen molar-refractivity contribution in [2.45, 2.75) is 20.3 Å². The van der Waals surface area contributed by atoms with Gasteiger partial charge in [-0.2, -0.15) is 0 Å². The Morgan fingerprint density at radius 2 is 2.17 bits per heavy atom. The lowest BCUT2D eigenvalue weighted by atomic mass is 9.89. The van der Waals surface area contributed by atoms with Crippen molar-refractivity contribution >= 4 is 27.5 Å². The molecule has 0 spiro atoms. The van der Waals surface area contributed by atoms with Crippen LogP contribution in [0, 0.1) is 5.41 Å². The predicted molar refractivity (Wildman–Crippen MR) is 76.8 cm³/mol. The minimum absolute atomic E-state index is 0.0393. The Kier molecular flexibility index (Phi) is 5.16. The van der Waals surface area contributed by atoms with Crippen LogP contribution in [0.25, 0.3) is 0 Å². The number of benzene rings is 1. The summed E-state index contributed by atoms with van der Waals surface area (Å²) >= 11 is 3.38. The fourth-order valence-electron chi connectivity index (χ4n) is 1.46. The Morgan fingerprint density at radius 3 is 2.67 bits per heavy atom. The molecule has 0 fully saturated rings.